The van der Waals surface area contributed by atoms with Crippen molar-refractivity contribution in [2.45, 2.75) is 18.8 Å². The van der Waals surface area contributed by atoms with Gasteiger partial charge in [-0.2, -0.15) is 0 Å². The molecule has 34 heavy (non-hydrogen) atoms. The summed E-state index contributed by atoms with van der Waals surface area (Å²) in [5, 5.41) is 2.95. The summed E-state index contributed by atoms with van der Waals surface area (Å²) >= 11 is 6.03. The summed E-state index contributed by atoms with van der Waals surface area (Å²) in [4.78, 5) is 17.3. The molecule has 2 heterocycles. The Kier molecular flexibility index (Phi) is 5.41. The van der Waals surface area contributed by atoms with Gasteiger partial charge in [0.1, 0.15) is 17.5 Å². The molecule has 0 bridgehead atoms. The van der Waals surface area contributed by atoms with Gasteiger partial charge < -0.3 is 5.32 Å². The number of pyridine rings is 1. The van der Waals surface area contributed by atoms with Crippen LogP contribution in [0.5, 0.6) is 0 Å². The van der Waals surface area contributed by atoms with Gasteiger partial charge in [-0.15, -0.1) is 0 Å². The van der Waals surface area contributed by atoms with Gasteiger partial charge in [0.2, 0.25) is 5.91 Å². The number of carbonyl (C=O) groups is 1. The molecular formula is C27H18ClF3N2O. The molecule has 1 aliphatic rings. The summed E-state index contributed by atoms with van der Waals surface area (Å²) in [6.45, 7) is 1.74. The van der Waals surface area contributed by atoms with Crippen molar-refractivity contribution in [1.29, 1.82) is 0 Å². The number of anilines is 1. The Morgan fingerprint density at radius 2 is 1.59 bits per heavy atom. The predicted octanol–water partition coefficient (Wildman–Crippen LogP) is 6.94. The van der Waals surface area contributed by atoms with Crippen molar-refractivity contribution < 1.29 is 18.0 Å². The van der Waals surface area contributed by atoms with E-state index in [-0.39, 0.29) is 17.4 Å². The van der Waals surface area contributed by atoms with Crippen LogP contribution in [0.25, 0.3) is 22.3 Å². The summed E-state index contributed by atoms with van der Waals surface area (Å²) in [7, 11) is 0. The fourth-order valence-corrected chi connectivity index (χ4v) is 4.66. The summed E-state index contributed by atoms with van der Waals surface area (Å²) in [5.41, 5.74) is 3.52. The van der Waals surface area contributed by atoms with Crippen LogP contribution in [0.1, 0.15) is 18.1 Å². The molecule has 0 spiro atoms. The van der Waals surface area contributed by atoms with E-state index < -0.39 is 22.9 Å². The first kappa shape index (κ1) is 22.2. The van der Waals surface area contributed by atoms with E-state index in [1.165, 1.54) is 24.3 Å². The van der Waals surface area contributed by atoms with Crippen molar-refractivity contribution in [3.05, 3.63) is 107 Å². The van der Waals surface area contributed by atoms with Gasteiger partial charge in [-0.25, -0.2) is 13.2 Å². The highest BCUT2D eigenvalue weighted by Gasteiger charge is 2.44. The lowest BCUT2D eigenvalue weighted by Crippen LogP contribution is -2.33. The Bertz CT molecular complexity index is 1420. The first-order valence-electron chi connectivity index (χ1n) is 10.6. The van der Waals surface area contributed by atoms with Gasteiger partial charge in [-0.05, 0) is 89.7 Å². The van der Waals surface area contributed by atoms with Gasteiger partial charge in [-0.3, -0.25) is 9.78 Å². The quantitative estimate of drug-likeness (QED) is 0.345. The third-order valence-electron chi connectivity index (χ3n) is 6.20. The summed E-state index contributed by atoms with van der Waals surface area (Å²) in [6, 6.07) is 15.1. The zero-order valence-corrected chi connectivity index (χ0v) is 18.8. The first-order valence-corrected chi connectivity index (χ1v) is 10.9. The molecule has 3 nitrogen and oxygen atoms in total. The highest BCUT2D eigenvalue weighted by Crippen LogP contribution is 2.47. The SMILES string of the molecule is CC1(Cc2cc(F)cc(F)c2)C(=O)Nc2c(-c3ccncc3)cc(-c3ccc(F)c(Cl)c3)cc21. The minimum atomic E-state index is -1.10. The zero-order chi connectivity index (χ0) is 24.0. The number of hydrogen-bond donors (Lipinski definition) is 1. The van der Waals surface area contributed by atoms with E-state index in [0.717, 1.165) is 22.8 Å². The normalized spacial score (nSPS) is 16.9. The zero-order valence-electron chi connectivity index (χ0n) is 18.0. The van der Waals surface area contributed by atoms with Gasteiger partial charge in [0.25, 0.3) is 0 Å². The molecule has 1 atom stereocenters. The van der Waals surface area contributed by atoms with Gasteiger partial charge in [0.05, 0.1) is 16.1 Å². The molecule has 4 aromatic rings. The number of carbonyl (C=O) groups excluding carboxylic acids is 1. The average Bonchev–Trinajstić information content (AvgIpc) is 3.04. The number of fused-ring (bicyclic) bond motifs is 1. The van der Waals surface area contributed by atoms with Crippen LogP contribution in [0.3, 0.4) is 0 Å². The maximum Gasteiger partial charge on any atom is 0.235 e. The average molecular weight is 479 g/mol. The largest absolute Gasteiger partial charge is 0.324 e. The standard InChI is InChI=1S/C27H18ClF3N2O/c1-27(14-15-8-19(29)13-20(30)9-15)22-11-18(17-2-3-24(31)23(28)12-17)10-21(25(22)33-26(27)34)16-4-6-32-7-5-16/h2-13H,14H2,1H3,(H,33,34). The lowest BCUT2D eigenvalue weighted by molar-refractivity contribution is -0.120. The first-order chi connectivity index (χ1) is 16.2. The van der Waals surface area contributed by atoms with Crippen molar-refractivity contribution in [2.75, 3.05) is 5.32 Å². The minimum absolute atomic E-state index is 0.0179. The van der Waals surface area contributed by atoms with Crippen LogP contribution >= 0.6 is 11.6 Å². The molecule has 7 heteroatoms. The van der Waals surface area contributed by atoms with E-state index in [2.05, 4.69) is 10.3 Å². The predicted molar refractivity (Wildman–Crippen MR) is 126 cm³/mol. The fraction of sp³-hybridized carbons (Fsp3) is 0.111. The molecule has 0 fully saturated rings. The molecule has 1 amide bonds. The molecule has 170 valence electrons. The number of hydrogen-bond acceptors (Lipinski definition) is 2. The molecule has 3 aromatic carbocycles. The fourth-order valence-electron chi connectivity index (χ4n) is 4.48. The number of aromatic nitrogens is 1. The summed E-state index contributed by atoms with van der Waals surface area (Å²) in [6.07, 6.45) is 3.38. The van der Waals surface area contributed by atoms with Crippen LogP contribution < -0.4 is 5.32 Å². The lowest BCUT2D eigenvalue weighted by atomic mass is 9.76. The van der Waals surface area contributed by atoms with Crippen molar-refractivity contribution in [3.8, 4) is 22.3 Å². The Morgan fingerprint density at radius 3 is 2.26 bits per heavy atom. The van der Waals surface area contributed by atoms with Gasteiger partial charge in [-0.1, -0.05) is 17.7 Å². The van der Waals surface area contributed by atoms with E-state index in [1.807, 2.05) is 24.3 Å². The summed E-state index contributed by atoms with van der Waals surface area (Å²) < 4.78 is 41.5. The van der Waals surface area contributed by atoms with E-state index in [0.29, 0.717) is 22.4 Å². The molecule has 1 aliphatic heterocycles. The lowest BCUT2D eigenvalue weighted by Gasteiger charge is -2.23. The number of halogens is 4. The van der Waals surface area contributed by atoms with Gasteiger partial charge in [0.15, 0.2) is 0 Å². The molecule has 1 unspecified atom stereocenters. The molecule has 0 saturated heterocycles. The Labute approximate surface area is 199 Å². The maximum atomic E-state index is 13.9. The van der Waals surface area contributed by atoms with E-state index in [9.17, 15) is 18.0 Å². The monoisotopic (exact) mass is 478 g/mol. The molecule has 0 aliphatic carbocycles. The third kappa shape index (κ3) is 3.84. The molecule has 1 aromatic heterocycles. The number of amides is 1. The van der Waals surface area contributed by atoms with Crippen molar-refractivity contribution in [3.63, 3.8) is 0 Å². The molecule has 0 saturated carbocycles. The second kappa shape index (κ2) is 8.29. The van der Waals surface area contributed by atoms with E-state index in [1.54, 1.807) is 25.4 Å². The molecule has 1 N–H and O–H groups in total. The summed E-state index contributed by atoms with van der Waals surface area (Å²) in [5.74, 6) is -2.22. The highest BCUT2D eigenvalue weighted by molar-refractivity contribution is 6.31. The van der Waals surface area contributed by atoms with Crippen LogP contribution in [-0.4, -0.2) is 10.9 Å². The van der Waals surface area contributed by atoms with Crippen LogP contribution in [-0.2, 0) is 16.6 Å². The second-order valence-electron chi connectivity index (χ2n) is 8.55. The van der Waals surface area contributed by atoms with Crippen LogP contribution in [0.4, 0.5) is 18.9 Å². The van der Waals surface area contributed by atoms with Crippen LogP contribution in [0, 0.1) is 17.5 Å². The molecule has 0 radical (unpaired) electrons. The number of nitrogens with zero attached hydrogens (tertiary/aromatic N) is 1. The smallest absolute Gasteiger partial charge is 0.235 e. The third-order valence-corrected chi connectivity index (χ3v) is 6.49. The Morgan fingerprint density at radius 1 is 0.882 bits per heavy atom. The maximum absolute atomic E-state index is 13.9. The van der Waals surface area contributed by atoms with Crippen molar-refractivity contribution in [1.82, 2.24) is 4.98 Å². The minimum Gasteiger partial charge on any atom is -0.324 e. The number of nitrogens with one attached hydrogen (secondary N) is 1. The van der Waals surface area contributed by atoms with Gasteiger partial charge in [0, 0.05) is 24.0 Å². The second-order valence-corrected chi connectivity index (χ2v) is 8.96. The highest BCUT2D eigenvalue weighted by atomic mass is 35.5. The van der Waals surface area contributed by atoms with E-state index >= 15 is 0 Å². The van der Waals surface area contributed by atoms with Crippen LogP contribution in [0.2, 0.25) is 5.02 Å². The molecule has 5 rings (SSSR count). The Balaban J connectivity index is 1.72. The van der Waals surface area contributed by atoms with Crippen LogP contribution in [0.15, 0.2) is 73.1 Å². The van der Waals surface area contributed by atoms with Crippen molar-refractivity contribution in [2.24, 2.45) is 0 Å². The van der Waals surface area contributed by atoms with E-state index in [4.69, 9.17) is 11.6 Å². The van der Waals surface area contributed by atoms with Gasteiger partial charge >= 0.3 is 0 Å². The number of rotatable bonds is 4. The van der Waals surface area contributed by atoms with Crippen molar-refractivity contribution >= 4 is 23.2 Å². The molecular weight excluding hydrogens is 461 g/mol. The number of benzene rings is 3. The topological polar surface area (TPSA) is 42.0 Å². The Hall–Kier alpha value is -3.64.